The molecular weight excluding hydrogens is 677 g/mol. The molecule has 7 heteroatoms. The molecule has 2 aliphatic rings. The van der Waals surface area contributed by atoms with Crippen molar-refractivity contribution in [3.8, 4) is 16.9 Å². The summed E-state index contributed by atoms with van der Waals surface area (Å²) in [6, 6.07) is 13.3. The maximum Gasteiger partial charge on any atom is 0.333 e. The molecule has 2 saturated carbocycles. The lowest BCUT2D eigenvalue weighted by Gasteiger charge is -2.32. The molecule has 2 fully saturated rings. The quantitative estimate of drug-likeness (QED) is 0.0745. The number of aliphatic hydroxyl groups is 2. The molecule has 0 aromatic heterocycles. The Bertz CT molecular complexity index is 1510. The highest BCUT2D eigenvalue weighted by atomic mass is 16.5. The molecule has 54 heavy (non-hydrogen) atoms. The SMILES string of the molecule is C=C(C)C(=O)OCCCc1cc(-c2ccc(C3CCC(CCC4CCC(CCC)CC4)CC3)cc2)c(CC)cc1OCC(CO)(CO)COC(=O)C(=C)C. The van der Waals surface area contributed by atoms with Gasteiger partial charge >= 0.3 is 11.9 Å². The van der Waals surface area contributed by atoms with Gasteiger partial charge in [0.15, 0.2) is 0 Å². The molecule has 2 aromatic rings. The van der Waals surface area contributed by atoms with Gasteiger partial charge in [0.1, 0.15) is 19.0 Å². The fourth-order valence-electron chi connectivity index (χ4n) is 8.36. The van der Waals surface area contributed by atoms with Crippen LogP contribution in [0.2, 0.25) is 0 Å². The first kappa shape index (κ1) is 43.3. The summed E-state index contributed by atoms with van der Waals surface area (Å²) in [6.07, 6.45) is 18.6. The Morgan fingerprint density at radius 1 is 0.741 bits per heavy atom. The average Bonchev–Trinajstić information content (AvgIpc) is 3.19. The molecule has 0 unspecified atom stereocenters. The van der Waals surface area contributed by atoms with Crippen LogP contribution in [0, 0.1) is 23.2 Å². The van der Waals surface area contributed by atoms with Gasteiger partial charge in [0.05, 0.1) is 25.2 Å². The first-order valence-electron chi connectivity index (χ1n) is 20.8. The Balaban J connectivity index is 1.44. The summed E-state index contributed by atoms with van der Waals surface area (Å²) in [7, 11) is 0. The van der Waals surface area contributed by atoms with Crippen molar-refractivity contribution >= 4 is 11.9 Å². The number of carbonyl (C=O) groups is 2. The van der Waals surface area contributed by atoms with Crippen molar-refractivity contribution in [1.82, 2.24) is 0 Å². The van der Waals surface area contributed by atoms with Gasteiger partial charge in [0.25, 0.3) is 0 Å². The van der Waals surface area contributed by atoms with Crippen LogP contribution < -0.4 is 4.74 Å². The average molecular weight is 745 g/mol. The van der Waals surface area contributed by atoms with E-state index in [2.05, 4.69) is 57.3 Å². The number of carbonyl (C=O) groups excluding carboxylic acids is 2. The number of aliphatic hydroxyl groups excluding tert-OH is 2. The lowest BCUT2D eigenvalue weighted by Crippen LogP contribution is -2.41. The van der Waals surface area contributed by atoms with Gasteiger partial charge in [0.2, 0.25) is 0 Å². The van der Waals surface area contributed by atoms with Crippen LogP contribution in [0.15, 0.2) is 60.7 Å². The zero-order chi connectivity index (χ0) is 39.1. The van der Waals surface area contributed by atoms with E-state index in [-0.39, 0.29) is 25.4 Å². The summed E-state index contributed by atoms with van der Waals surface area (Å²) in [5.41, 5.74) is 5.13. The van der Waals surface area contributed by atoms with Gasteiger partial charge in [-0.2, -0.15) is 0 Å². The maximum atomic E-state index is 12.1. The molecule has 2 aromatic carbocycles. The zero-order valence-electron chi connectivity index (χ0n) is 33.8. The number of esters is 2. The Morgan fingerprint density at radius 3 is 1.83 bits per heavy atom. The molecule has 0 bridgehead atoms. The van der Waals surface area contributed by atoms with Gasteiger partial charge in [0, 0.05) is 11.1 Å². The fourth-order valence-corrected chi connectivity index (χ4v) is 8.36. The van der Waals surface area contributed by atoms with Crippen molar-refractivity contribution in [3.63, 3.8) is 0 Å². The molecule has 4 rings (SSSR count). The van der Waals surface area contributed by atoms with Crippen LogP contribution in [-0.4, -0.2) is 55.2 Å². The van der Waals surface area contributed by atoms with Crippen molar-refractivity contribution < 1.29 is 34.0 Å². The van der Waals surface area contributed by atoms with Gasteiger partial charge in [-0.25, -0.2) is 9.59 Å². The van der Waals surface area contributed by atoms with Gasteiger partial charge < -0.3 is 24.4 Å². The summed E-state index contributed by atoms with van der Waals surface area (Å²) in [4.78, 5) is 24.1. The van der Waals surface area contributed by atoms with E-state index in [4.69, 9.17) is 14.2 Å². The van der Waals surface area contributed by atoms with Crippen LogP contribution in [0.4, 0.5) is 0 Å². The minimum Gasteiger partial charge on any atom is -0.492 e. The van der Waals surface area contributed by atoms with Crippen LogP contribution in [0.1, 0.15) is 134 Å². The number of benzene rings is 2. The number of aryl methyl sites for hydroxylation is 2. The number of rotatable bonds is 21. The number of hydrogen-bond acceptors (Lipinski definition) is 7. The Kier molecular flexibility index (Phi) is 17.3. The van der Waals surface area contributed by atoms with Crippen LogP contribution in [0.25, 0.3) is 11.1 Å². The number of hydrogen-bond donors (Lipinski definition) is 2. The Hall–Kier alpha value is -3.42. The highest BCUT2D eigenvalue weighted by Crippen LogP contribution is 2.41. The van der Waals surface area contributed by atoms with E-state index in [1.54, 1.807) is 13.8 Å². The first-order valence-corrected chi connectivity index (χ1v) is 20.8. The third-order valence-electron chi connectivity index (χ3n) is 12.1. The molecule has 0 radical (unpaired) electrons. The number of ether oxygens (including phenoxy) is 3. The Labute approximate surface area is 325 Å². The molecule has 0 amide bonds. The fraction of sp³-hybridized carbons (Fsp3) is 0.617. The zero-order valence-corrected chi connectivity index (χ0v) is 33.8. The third kappa shape index (κ3) is 12.6. The standard InChI is InChI=1S/C47H68O7/c1-7-10-35-12-14-36(15-13-35)16-17-37-18-20-39(21-19-37)40-22-24-41(25-23-40)43-27-42(11-9-26-52-45(50)33(3)4)44(28-38(43)8-2)53-31-47(29-48,30-49)32-54-46(51)34(5)6/h22-25,27-28,35-37,39,48-49H,3,5,7-21,26,29-32H2,1-2,4,6H3. The largest absolute Gasteiger partial charge is 0.492 e. The van der Waals surface area contributed by atoms with Crippen LogP contribution >= 0.6 is 0 Å². The van der Waals surface area contributed by atoms with Crippen LogP contribution in [0.3, 0.4) is 0 Å². The monoisotopic (exact) mass is 744 g/mol. The minimum absolute atomic E-state index is 0.0688. The molecule has 0 atom stereocenters. The van der Waals surface area contributed by atoms with Gasteiger partial charge in [-0.3, -0.25) is 0 Å². The van der Waals surface area contributed by atoms with Gasteiger partial charge in [-0.1, -0.05) is 103 Å². The van der Waals surface area contributed by atoms with Crippen molar-refractivity contribution in [3.05, 3.63) is 77.4 Å². The highest BCUT2D eigenvalue weighted by Gasteiger charge is 2.33. The molecule has 2 N–H and O–H groups in total. The van der Waals surface area contributed by atoms with E-state index in [0.717, 1.165) is 46.4 Å². The summed E-state index contributed by atoms with van der Waals surface area (Å²) >= 11 is 0. The smallest absolute Gasteiger partial charge is 0.333 e. The van der Waals surface area contributed by atoms with Crippen molar-refractivity contribution in [2.24, 2.45) is 23.2 Å². The summed E-state index contributed by atoms with van der Waals surface area (Å²) in [5, 5.41) is 20.5. The lowest BCUT2D eigenvalue weighted by atomic mass is 9.74. The highest BCUT2D eigenvalue weighted by molar-refractivity contribution is 5.87. The van der Waals surface area contributed by atoms with E-state index >= 15 is 0 Å². The molecule has 0 saturated heterocycles. The van der Waals surface area contributed by atoms with Crippen molar-refractivity contribution in [2.75, 3.05) is 33.0 Å². The van der Waals surface area contributed by atoms with Crippen LogP contribution in [-0.2, 0) is 31.9 Å². The summed E-state index contributed by atoms with van der Waals surface area (Å²) in [6.45, 7) is 14.0. The summed E-state index contributed by atoms with van der Waals surface area (Å²) in [5.74, 6) is 3.07. The third-order valence-corrected chi connectivity index (χ3v) is 12.1. The molecule has 0 aliphatic heterocycles. The summed E-state index contributed by atoms with van der Waals surface area (Å²) < 4.78 is 17.0. The molecule has 2 aliphatic carbocycles. The minimum atomic E-state index is -1.20. The second-order valence-electron chi connectivity index (χ2n) is 16.5. The van der Waals surface area contributed by atoms with E-state index in [1.807, 2.05) is 6.07 Å². The van der Waals surface area contributed by atoms with Gasteiger partial charge in [-0.15, -0.1) is 0 Å². The second kappa shape index (κ2) is 21.6. The second-order valence-corrected chi connectivity index (χ2v) is 16.5. The Morgan fingerprint density at radius 2 is 1.30 bits per heavy atom. The van der Waals surface area contributed by atoms with E-state index in [9.17, 15) is 19.8 Å². The predicted octanol–water partition coefficient (Wildman–Crippen LogP) is 10.1. The topological polar surface area (TPSA) is 102 Å². The van der Waals surface area contributed by atoms with Crippen molar-refractivity contribution in [1.29, 1.82) is 0 Å². The first-order chi connectivity index (χ1) is 26.0. The molecular formula is C47H68O7. The maximum absolute atomic E-state index is 12.1. The molecule has 298 valence electrons. The molecule has 0 heterocycles. The predicted molar refractivity (Wildman–Crippen MR) is 218 cm³/mol. The van der Waals surface area contributed by atoms with E-state index in [1.165, 1.54) is 82.6 Å². The van der Waals surface area contributed by atoms with E-state index in [0.29, 0.717) is 30.1 Å². The molecule has 0 spiro atoms. The van der Waals surface area contributed by atoms with Crippen molar-refractivity contribution in [2.45, 2.75) is 130 Å². The van der Waals surface area contributed by atoms with E-state index < -0.39 is 30.6 Å². The lowest BCUT2D eigenvalue weighted by molar-refractivity contribution is -0.146. The van der Waals surface area contributed by atoms with Gasteiger partial charge in [-0.05, 0) is 122 Å². The normalized spacial score (nSPS) is 20.3. The van der Waals surface area contributed by atoms with Crippen LogP contribution in [0.5, 0.6) is 5.75 Å². The molecule has 7 nitrogen and oxygen atoms in total.